The highest BCUT2D eigenvalue weighted by atomic mass is 35.5. The van der Waals surface area contributed by atoms with Crippen LogP contribution in [-0.4, -0.2) is 17.8 Å². The maximum Gasteiger partial charge on any atom is 0.249 e. The minimum absolute atomic E-state index is 0.106. The number of nitrogens with one attached hydrogen (secondary N) is 5. The fourth-order valence-corrected chi connectivity index (χ4v) is 4.15. The summed E-state index contributed by atoms with van der Waals surface area (Å²) in [6, 6.07) is 11.8. The van der Waals surface area contributed by atoms with Crippen molar-refractivity contribution in [2.24, 2.45) is 0 Å². The molecule has 1 aliphatic heterocycles. The normalized spacial score (nSPS) is 14.2. The van der Waals surface area contributed by atoms with Gasteiger partial charge in [-0.1, -0.05) is 23.7 Å². The van der Waals surface area contributed by atoms with Crippen LogP contribution in [0.3, 0.4) is 0 Å². The third kappa shape index (κ3) is 4.58. The van der Waals surface area contributed by atoms with Crippen molar-refractivity contribution < 1.29 is 13.2 Å². The minimum Gasteiger partial charge on any atom is -0.378 e. The number of hydrogen-bond acceptors (Lipinski definition) is 8. The zero-order valence-corrected chi connectivity index (χ0v) is 19.5. The molecular weight excluding hydrogens is 504 g/mol. The van der Waals surface area contributed by atoms with E-state index in [4.69, 9.17) is 19.4 Å². The van der Waals surface area contributed by atoms with Crippen molar-refractivity contribution in [1.82, 2.24) is 26.4 Å². The fourth-order valence-electron chi connectivity index (χ4n) is 3.88. The molecule has 0 fully saturated rings. The quantitative estimate of drug-likeness (QED) is 0.191. The summed E-state index contributed by atoms with van der Waals surface area (Å²) in [5.41, 5.74) is 9.24. The number of hydrogen-bond donors (Lipinski definition) is 5. The molecular formula is C24H15BClF3N8. The summed E-state index contributed by atoms with van der Waals surface area (Å²) in [6.45, 7) is 0. The molecule has 13 heteroatoms. The minimum atomic E-state index is -1.39. The number of hydrazine groups is 2. The summed E-state index contributed by atoms with van der Waals surface area (Å²) in [5, 5.41) is 16.4. The molecule has 5 rings (SSSR count). The highest BCUT2D eigenvalue weighted by Gasteiger charge is 2.33. The molecule has 1 unspecified atom stereocenters. The van der Waals surface area contributed by atoms with Gasteiger partial charge in [0.25, 0.3) is 0 Å². The van der Waals surface area contributed by atoms with Crippen LogP contribution >= 0.6 is 11.6 Å². The SMILES string of the molecule is [B]C(Nc1cc(Cl)c2ncc(C#N)c(Nc3cnc(F)c(F)c3)c2c1)(C1=CNNN1)c1ccc(F)cc1. The standard InChI is InChI=1S/C24H15BClF3N8/c25-24(20-11-33-37-36-20,13-1-3-14(27)4-2-13)35-15-5-17-21(34-16-7-19(28)23(29)32-10-16)12(8-30)9-31-22(17)18(26)6-15/h1-7,9-11,33,35-37H,(H,31,34). The van der Waals surface area contributed by atoms with Crippen LogP contribution in [0.25, 0.3) is 10.9 Å². The number of aromatic nitrogens is 2. The van der Waals surface area contributed by atoms with Crippen LogP contribution in [0.4, 0.5) is 30.2 Å². The lowest BCUT2D eigenvalue weighted by atomic mass is 9.69. The van der Waals surface area contributed by atoms with Crippen molar-refractivity contribution in [3.8, 4) is 6.07 Å². The number of pyridine rings is 2. The fraction of sp³-hybridized carbons (Fsp3) is 0.0417. The number of halogens is 4. The monoisotopic (exact) mass is 518 g/mol. The van der Waals surface area contributed by atoms with Gasteiger partial charge in [-0.05, 0) is 29.8 Å². The Kier molecular flexibility index (Phi) is 6.25. The van der Waals surface area contributed by atoms with Gasteiger partial charge in [0, 0.05) is 29.5 Å². The average Bonchev–Trinajstić information content (AvgIpc) is 3.43. The number of anilines is 3. The van der Waals surface area contributed by atoms with Crippen LogP contribution < -0.4 is 27.0 Å². The van der Waals surface area contributed by atoms with Crippen LogP contribution in [0, 0.1) is 28.9 Å². The maximum absolute atomic E-state index is 13.8. The molecule has 0 spiro atoms. The van der Waals surface area contributed by atoms with Crippen LogP contribution in [0.5, 0.6) is 0 Å². The second-order valence-corrected chi connectivity index (χ2v) is 8.43. The van der Waals surface area contributed by atoms with Gasteiger partial charge < -0.3 is 21.5 Å². The van der Waals surface area contributed by atoms with Gasteiger partial charge in [0.2, 0.25) is 5.95 Å². The van der Waals surface area contributed by atoms with Crippen molar-refractivity contribution in [1.29, 1.82) is 5.26 Å². The van der Waals surface area contributed by atoms with Crippen molar-refractivity contribution in [3.05, 3.63) is 100 Å². The summed E-state index contributed by atoms with van der Waals surface area (Å²) >= 11 is 6.55. The second-order valence-electron chi connectivity index (χ2n) is 8.03. The number of benzene rings is 2. The first-order valence-corrected chi connectivity index (χ1v) is 11.1. The largest absolute Gasteiger partial charge is 0.378 e. The topological polar surface area (TPSA) is 110 Å². The number of fused-ring (bicyclic) bond motifs is 1. The Morgan fingerprint density at radius 1 is 1.03 bits per heavy atom. The van der Waals surface area contributed by atoms with Gasteiger partial charge in [0.15, 0.2) is 5.82 Å². The third-order valence-corrected chi connectivity index (χ3v) is 5.95. The van der Waals surface area contributed by atoms with Gasteiger partial charge in [-0.25, -0.2) is 13.8 Å². The molecule has 5 N–H and O–H groups in total. The zero-order chi connectivity index (χ0) is 26.2. The number of rotatable bonds is 6. The van der Waals surface area contributed by atoms with Crippen molar-refractivity contribution >= 4 is 47.4 Å². The zero-order valence-electron chi connectivity index (χ0n) is 18.7. The summed E-state index contributed by atoms with van der Waals surface area (Å²) in [6.07, 6.45) is 4.00. The van der Waals surface area contributed by atoms with E-state index >= 15 is 0 Å². The number of nitrogens with zero attached hydrogens (tertiary/aromatic N) is 3. The van der Waals surface area contributed by atoms with Gasteiger partial charge in [0.1, 0.15) is 19.7 Å². The van der Waals surface area contributed by atoms with Gasteiger partial charge in [0.05, 0.1) is 44.8 Å². The average molecular weight is 519 g/mol. The van der Waals surface area contributed by atoms with Crippen molar-refractivity contribution in [2.45, 2.75) is 5.44 Å². The summed E-state index contributed by atoms with van der Waals surface area (Å²) in [4.78, 5) is 7.65. The Labute approximate surface area is 214 Å². The van der Waals surface area contributed by atoms with Crippen LogP contribution in [0.15, 0.2) is 66.8 Å². The summed E-state index contributed by atoms with van der Waals surface area (Å²) < 4.78 is 40.7. The van der Waals surface area contributed by atoms with E-state index in [1.54, 1.807) is 18.3 Å². The van der Waals surface area contributed by atoms with Crippen LogP contribution in [0.2, 0.25) is 5.02 Å². The lowest BCUT2D eigenvalue weighted by Gasteiger charge is -2.34. The van der Waals surface area contributed by atoms with E-state index in [2.05, 4.69) is 37.0 Å². The predicted octanol–water partition coefficient (Wildman–Crippen LogP) is 4.20. The molecule has 1 atom stereocenters. The van der Waals surface area contributed by atoms with E-state index in [1.165, 1.54) is 30.5 Å². The lowest BCUT2D eigenvalue weighted by molar-refractivity contribution is 0.480. The Balaban J connectivity index is 1.63. The Bertz CT molecular complexity index is 1590. The molecule has 0 saturated carbocycles. The molecule has 0 saturated heterocycles. The highest BCUT2D eigenvalue weighted by Crippen LogP contribution is 2.37. The molecule has 0 bridgehead atoms. The molecule has 182 valence electrons. The Morgan fingerprint density at radius 3 is 2.49 bits per heavy atom. The molecule has 2 radical (unpaired) electrons. The molecule has 0 amide bonds. The van der Waals surface area contributed by atoms with E-state index in [1.807, 2.05) is 6.07 Å². The first kappa shape index (κ1) is 24.2. The summed E-state index contributed by atoms with van der Waals surface area (Å²) in [5.74, 6) is -2.84. The molecule has 4 aromatic rings. The molecule has 0 aliphatic carbocycles. The van der Waals surface area contributed by atoms with E-state index in [9.17, 15) is 18.4 Å². The lowest BCUT2D eigenvalue weighted by Crippen LogP contribution is -2.44. The molecule has 2 aromatic heterocycles. The Hall–Kier alpha value is -4.47. The summed E-state index contributed by atoms with van der Waals surface area (Å²) in [7, 11) is 6.79. The van der Waals surface area contributed by atoms with E-state index in [-0.39, 0.29) is 22.0 Å². The van der Waals surface area contributed by atoms with Gasteiger partial charge in [-0.15, -0.1) is 0 Å². The van der Waals surface area contributed by atoms with Crippen molar-refractivity contribution in [2.75, 3.05) is 10.6 Å². The molecule has 8 nitrogen and oxygen atoms in total. The van der Waals surface area contributed by atoms with E-state index < -0.39 is 23.0 Å². The number of nitriles is 1. The van der Waals surface area contributed by atoms with E-state index in [0.717, 1.165) is 12.3 Å². The first-order valence-electron chi connectivity index (χ1n) is 10.7. The molecule has 3 heterocycles. The molecule has 37 heavy (non-hydrogen) atoms. The molecule has 2 aromatic carbocycles. The van der Waals surface area contributed by atoms with Crippen LogP contribution in [-0.2, 0) is 5.44 Å². The van der Waals surface area contributed by atoms with Gasteiger partial charge >= 0.3 is 0 Å². The van der Waals surface area contributed by atoms with Gasteiger partial charge in [-0.3, -0.25) is 4.98 Å². The third-order valence-electron chi connectivity index (χ3n) is 5.66. The smallest absolute Gasteiger partial charge is 0.249 e. The van der Waals surface area contributed by atoms with E-state index in [0.29, 0.717) is 27.9 Å². The maximum atomic E-state index is 13.8. The van der Waals surface area contributed by atoms with Crippen LogP contribution in [0.1, 0.15) is 11.1 Å². The first-order chi connectivity index (χ1) is 17.8. The second kappa shape index (κ2) is 9.53. The molecule has 1 aliphatic rings. The predicted molar refractivity (Wildman–Crippen MR) is 134 cm³/mol. The highest BCUT2D eigenvalue weighted by molar-refractivity contribution is 6.36. The Morgan fingerprint density at radius 2 is 1.81 bits per heavy atom. The van der Waals surface area contributed by atoms with Crippen molar-refractivity contribution in [3.63, 3.8) is 0 Å². The van der Waals surface area contributed by atoms with Gasteiger partial charge in [-0.2, -0.15) is 15.2 Å².